The Morgan fingerprint density at radius 1 is 0.594 bits per heavy atom. The second-order valence-corrected chi connectivity index (χ2v) is 8.39. The number of carbonyl (C=O) groups excluding carboxylic acids is 4. The summed E-state index contributed by atoms with van der Waals surface area (Å²) in [6.45, 7) is 4.71. The van der Waals surface area contributed by atoms with Crippen molar-refractivity contribution >= 4 is 35.0 Å². The number of carbonyl (C=O) groups is 4. The SMILES string of the molecule is O=C1CC(N2CCOCC2)C(=O)N1c1ccc(N2C(=O)CC(N3CCOCC3)C2=O)cc1. The van der Waals surface area contributed by atoms with Crippen molar-refractivity contribution in [3.8, 4) is 0 Å². The van der Waals surface area contributed by atoms with Crippen LogP contribution in [-0.4, -0.2) is 98.1 Å². The lowest BCUT2D eigenvalue weighted by molar-refractivity contribution is -0.125. The fourth-order valence-corrected chi connectivity index (χ4v) is 4.87. The normalized spacial score (nSPS) is 28.2. The average molecular weight is 442 g/mol. The highest BCUT2D eigenvalue weighted by Crippen LogP contribution is 2.31. The first-order chi connectivity index (χ1) is 15.5. The molecule has 2 unspecified atom stereocenters. The molecule has 4 aliphatic rings. The minimum absolute atomic E-state index is 0.144. The summed E-state index contributed by atoms with van der Waals surface area (Å²) in [5, 5.41) is 0. The minimum atomic E-state index is -0.470. The van der Waals surface area contributed by atoms with E-state index in [-0.39, 0.29) is 36.5 Å². The monoisotopic (exact) mass is 442 g/mol. The van der Waals surface area contributed by atoms with Gasteiger partial charge in [0, 0.05) is 26.2 Å². The zero-order valence-electron chi connectivity index (χ0n) is 17.8. The number of hydrogen-bond acceptors (Lipinski definition) is 8. The van der Waals surface area contributed by atoms with Crippen LogP contribution in [0.15, 0.2) is 24.3 Å². The van der Waals surface area contributed by atoms with E-state index in [9.17, 15) is 19.2 Å². The van der Waals surface area contributed by atoms with Gasteiger partial charge in [-0.1, -0.05) is 0 Å². The van der Waals surface area contributed by atoms with Crippen molar-refractivity contribution in [2.75, 3.05) is 62.4 Å². The van der Waals surface area contributed by atoms with Gasteiger partial charge in [0.25, 0.3) is 11.8 Å². The molecule has 0 saturated carbocycles. The van der Waals surface area contributed by atoms with E-state index in [1.807, 2.05) is 9.80 Å². The Balaban J connectivity index is 1.31. The first kappa shape index (κ1) is 21.2. The molecular formula is C22H26N4O6. The van der Waals surface area contributed by atoms with Gasteiger partial charge in [0.1, 0.15) is 0 Å². The number of hydrogen-bond donors (Lipinski definition) is 0. The molecule has 0 aromatic heterocycles. The highest BCUT2D eigenvalue weighted by molar-refractivity contribution is 6.24. The molecule has 5 rings (SSSR count). The summed E-state index contributed by atoms with van der Waals surface area (Å²) in [6, 6.07) is 5.54. The number of morpholine rings is 2. The molecule has 0 spiro atoms. The zero-order valence-corrected chi connectivity index (χ0v) is 17.8. The first-order valence-corrected chi connectivity index (χ1v) is 11.0. The number of benzene rings is 1. The van der Waals surface area contributed by atoms with E-state index >= 15 is 0 Å². The smallest absolute Gasteiger partial charge is 0.251 e. The molecule has 0 N–H and O–H groups in total. The second-order valence-electron chi connectivity index (χ2n) is 8.39. The number of amides is 4. The molecule has 0 aliphatic carbocycles. The number of ether oxygens (including phenoxy) is 2. The van der Waals surface area contributed by atoms with Crippen LogP contribution in [0.4, 0.5) is 11.4 Å². The van der Waals surface area contributed by atoms with Gasteiger partial charge in [-0.15, -0.1) is 0 Å². The third-order valence-corrected chi connectivity index (χ3v) is 6.58. The standard InChI is InChI=1S/C22H26N4O6/c27-19-13-17(23-5-9-31-10-6-23)21(29)25(19)15-1-2-16(4-3-15)26-20(28)14-18(22(26)30)24-7-11-32-12-8-24/h1-4,17-18H,5-14H2. The molecular weight excluding hydrogens is 416 g/mol. The molecule has 1 aromatic rings. The minimum Gasteiger partial charge on any atom is -0.379 e. The highest BCUT2D eigenvalue weighted by Gasteiger charge is 2.44. The Morgan fingerprint density at radius 3 is 1.28 bits per heavy atom. The topological polar surface area (TPSA) is 99.7 Å². The molecule has 0 bridgehead atoms. The van der Waals surface area contributed by atoms with Crippen LogP contribution < -0.4 is 9.80 Å². The lowest BCUT2D eigenvalue weighted by Gasteiger charge is -2.30. The molecule has 4 heterocycles. The number of anilines is 2. The average Bonchev–Trinajstić information content (AvgIpc) is 3.29. The summed E-state index contributed by atoms with van der Waals surface area (Å²) in [4.78, 5) is 57.6. The third kappa shape index (κ3) is 3.73. The molecule has 32 heavy (non-hydrogen) atoms. The van der Waals surface area contributed by atoms with E-state index in [2.05, 4.69) is 0 Å². The van der Waals surface area contributed by atoms with Crippen LogP contribution in [0.5, 0.6) is 0 Å². The van der Waals surface area contributed by atoms with Crippen molar-refractivity contribution in [3.05, 3.63) is 24.3 Å². The first-order valence-electron chi connectivity index (χ1n) is 11.0. The second kappa shape index (κ2) is 8.70. The maximum atomic E-state index is 13.0. The van der Waals surface area contributed by atoms with Gasteiger partial charge in [-0.05, 0) is 24.3 Å². The molecule has 170 valence electrons. The van der Waals surface area contributed by atoms with Gasteiger partial charge in [0.2, 0.25) is 11.8 Å². The van der Waals surface area contributed by atoms with Gasteiger partial charge in [-0.25, -0.2) is 9.80 Å². The lowest BCUT2D eigenvalue weighted by atomic mass is 10.2. The van der Waals surface area contributed by atoms with Crippen molar-refractivity contribution in [2.24, 2.45) is 0 Å². The fraction of sp³-hybridized carbons (Fsp3) is 0.545. The van der Waals surface area contributed by atoms with Crippen molar-refractivity contribution in [3.63, 3.8) is 0 Å². The maximum absolute atomic E-state index is 13.0. The predicted octanol–water partition coefficient (Wildman–Crippen LogP) is -0.385. The number of imide groups is 2. The summed E-state index contributed by atoms with van der Waals surface area (Å²) in [5.74, 6) is -0.990. The van der Waals surface area contributed by atoms with Crippen LogP contribution in [0.2, 0.25) is 0 Å². The molecule has 4 saturated heterocycles. The quantitative estimate of drug-likeness (QED) is 0.582. The van der Waals surface area contributed by atoms with Crippen LogP contribution in [0.1, 0.15) is 12.8 Å². The summed E-state index contributed by atoms with van der Waals surface area (Å²) >= 11 is 0. The molecule has 0 radical (unpaired) electrons. The molecule has 10 nitrogen and oxygen atoms in total. The highest BCUT2D eigenvalue weighted by atomic mass is 16.5. The fourth-order valence-electron chi connectivity index (χ4n) is 4.87. The molecule has 4 aliphatic heterocycles. The van der Waals surface area contributed by atoms with Gasteiger partial charge in [-0.3, -0.25) is 29.0 Å². The molecule has 4 fully saturated rings. The van der Waals surface area contributed by atoms with Gasteiger partial charge in [0.15, 0.2) is 0 Å². The molecule has 4 amide bonds. The maximum Gasteiger partial charge on any atom is 0.251 e. The Morgan fingerprint density at radius 2 is 0.938 bits per heavy atom. The Kier molecular flexibility index (Phi) is 5.76. The zero-order chi connectivity index (χ0) is 22.2. The van der Waals surface area contributed by atoms with Crippen LogP contribution in [-0.2, 0) is 28.7 Å². The summed E-state index contributed by atoms with van der Waals surface area (Å²) in [7, 11) is 0. The van der Waals surface area contributed by atoms with Crippen molar-refractivity contribution in [2.45, 2.75) is 24.9 Å². The van der Waals surface area contributed by atoms with Crippen LogP contribution in [0.25, 0.3) is 0 Å². The summed E-state index contributed by atoms with van der Waals surface area (Å²) in [6.07, 6.45) is 0.288. The summed E-state index contributed by atoms with van der Waals surface area (Å²) in [5.41, 5.74) is 0.895. The number of nitrogens with zero attached hydrogens (tertiary/aromatic N) is 4. The predicted molar refractivity (Wildman–Crippen MR) is 113 cm³/mol. The van der Waals surface area contributed by atoms with E-state index in [0.29, 0.717) is 64.0 Å². The van der Waals surface area contributed by atoms with Gasteiger partial charge in [-0.2, -0.15) is 0 Å². The van der Waals surface area contributed by atoms with E-state index in [1.165, 1.54) is 9.80 Å². The van der Waals surface area contributed by atoms with Gasteiger partial charge in [0.05, 0.1) is 62.7 Å². The summed E-state index contributed by atoms with van der Waals surface area (Å²) < 4.78 is 10.7. The van der Waals surface area contributed by atoms with E-state index < -0.39 is 12.1 Å². The van der Waals surface area contributed by atoms with Gasteiger partial charge >= 0.3 is 0 Å². The lowest BCUT2D eigenvalue weighted by Crippen LogP contribution is -2.47. The van der Waals surface area contributed by atoms with Crippen molar-refractivity contribution in [1.29, 1.82) is 0 Å². The Bertz CT molecular complexity index is 848. The Labute approximate surface area is 185 Å². The van der Waals surface area contributed by atoms with Gasteiger partial charge < -0.3 is 9.47 Å². The third-order valence-electron chi connectivity index (χ3n) is 6.58. The van der Waals surface area contributed by atoms with E-state index in [0.717, 1.165) is 0 Å². The largest absolute Gasteiger partial charge is 0.379 e. The van der Waals surface area contributed by atoms with Crippen LogP contribution in [0, 0.1) is 0 Å². The van der Waals surface area contributed by atoms with Crippen molar-refractivity contribution in [1.82, 2.24) is 9.80 Å². The van der Waals surface area contributed by atoms with Crippen LogP contribution >= 0.6 is 0 Å². The van der Waals surface area contributed by atoms with Crippen molar-refractivity contribution < 1.29 is 28.7 Å². The Hall–Kier alpha value is -2.66. The molecule has 2 atom stereocenters. The molecule has 1 aromatic carbocycles. The van der Waals surface area contributed by atoms with Crippen LogP contribution in [0.3, 0.4) is 0 Å². The van der Waals surface area contributed by atoms with E-state index in [4.69, 9.17) is 9.47 Å². The molecule has 10 heteroatoms. The van der Waals surface area contributed by atoms with E-state index in [1.54, 1.807) is 24.3 Å². The number of rotatable bonds is 4.